The van der Waals surface area contributed by atoms with E-state index in [2.05, 4.69) is 6.07 Å². The van der Waals surface area contributed by atoms with E-state index in [0.717, 1.165) is 0 Å². The third-order valence-electron chi connectivity index (χ3n) is 3.69. The molecule has 0 aliphatic carbocycles. The van der Waals surface area contributed by atoms with E-state index in [1.165, 1.54) is 12.1 Å². The molecule has 7 nitrogen and oxygen atoms in total. The van der Waals surface area contributed by atoms with E-state index < -0.39 is 4.92 Å². The highest BCUT2D eigenvalue weighted by Crippen LogP contribution is 2.30. The van der Waals surface area contributed by atoms with E-state index >= 15 is 0 Å². The molecule has 0 saturated carbocycles. The van der Waals surface area contributed by atoms with E-state index in [1.807, 2.05) is 22.8 Å². The van der Waals surface area contributed by atoms with Crippen LogP contribution in [-0.2, 0) is 0 Å². The second-order valence-corrected chi connectivity index (χ2v) is 4.90. The van der Waals surface area contributed by atoms with Crippen molar-refractivity contribution in [3.05, 3.63) is 33.9 Å². The predicted molar refractivity (Wildman–Crippen MR) is 76.7 cm³/mol. The Hall–Kier alpha value is -2.64. The van der Waals surface area contributed by atoms with Crippen LogP contribution in [0.15, 0.2) is 18.2 Å². The van der Waals surface area contributed by atoms with Gasteiger partial charge < -0.3 is 4.90 Å². The van der Waals surface area contributed by atoms with Crippen LogP contribution in [-0.4, -0.2) is 42.0 Å². The van der Waals surface area contributed by atoms with Gasteiger partial charge in [-0.25, -0.2) is 0 Å². The maximum absolute atomic E-state index is 11.1. The van der Waals surface area contributed by atoms with Crippen LogP contribution < -0.4 is 4.90 Å². The molecule has 1 aliphatic rings. The van der Waals surface area contributed by atoms with Gasteiger partial charge in [0.25, 0.3) is 5.69 Å². The molecule has 0 spiro atoms. The first kappa shape index (κ1) is 14.8. The Kier molecular flexibility index (Phi) is 4.36. The average Bonchev–Trinajstić information content (AvgIpc) is 2.53. The summed E-state index contributed by atoms with van der Waals surface area (Å²) < 4.78 is 0. The Bertz CT molecular complexity index is 623. The molecule has 1 atom stereocenters. The van der Waals surface area contributed by atoms with Gasteiger partial charge in [0.15, 0.2) is 0 Å². The molecule has 2 rings (SSSR count). The summed E-state index contributed by atoms with van der Waals surface area (Å²) in [6.45, 7) is 4.38. The van der Waals surface area contributed by atoms with E-state index in [-0.39, 0.29) is 11.7 Å². The smallest absolute Gasteiger partial charge is 0.292 e. The number of rotatable bonds is 3. The van der Waals surface area contributed by atoms with Crippen molar-refractivity contribution in [2.24, 2.45) is 0 Å². The number of benzene rings is 1. The summed E-state index contributed by atoms with van der Waals surface area (Å²) in [7, 11) is 0. The summed E-state index contributed by atoms with van der Waals surface area (Å²) in [5.74, 6) is 0. The molecule has 0 aromatic heterocycles. The SMILES string of the molecule is CC(C#N)N1CCN(c2cc(C#N)ccc2[N+](=O)[O-])CC1. The molecule has 21 heavy (non-hydrogen) atoms. The first-order valence-corrected chi connectivity index (χ1v) is 6.64. The Balaban J connectivity index is 2.22. The maximum atomic E-state index is 11.1. The van der Waals surface area contributed by atoms with Crippen molar-refractivity contribution in [3.8, 4) is 12.1 Å². The van der Waals surface area contributed by atoms with Crippen LogP contribution in [0.1, 0.15) is 12.5 Å². The number of nitro groups is 1. The van der Waals surface area contributed by atoms with Crippen LogP contribution in [0.2, 0.25) is 0 Å². The van der Waals surface area contributed by atoms with Crippen molar-refractivity contribution >= 4 is 11.4 Å². The number of piperazine rings is 1. The summed E-state index contributed by atoms with van der Waals surface area (Å²) >= 11 is 0. The average molecular weight is 285 g/mol. The summed E-state index contributed by atoms with van der Waals surface area (Å²) in [4.78, 5) is 14.6. The molecule has 1 heterocycles. The minimum atomic E-state index is -0.430. The molecule has 1 aliphatic heterocycles. The van der Waals surface area contributed by atoms with Crippen LogP contribution in [0.5, 0.6) is 0 Å². The summed E-state index contributed by atoms with van der Waals surface area (Å²) in [6.07, 6.45) is 0. The fraction of sp³-hybridized carbons (Fsp3) is 0.429. The molecule has 108 valence electrons. The van der Waals surface area contributed by atoms with Crippen molar-refractivity contribution < 1.29 is 4.92 Å². The number of hydrogen-bond donors (Lipinski definition) is 0. The van der Waals surface area contributed by atoms with Gasteiger partial charge in [-0.05, 0) is 19.1 Å². The van der Waals surface area contributed by atoms with E-state index in [1.54, 1.807) is 6.07 Å². The Morgan fingerprint density at radius 2 is 1.95 bits per heavy atom. The van der Waals surface area contributed by atoms with Crippen molar-refractivity contribution in [2.75, 3.05) is 31.1 Å². The van der Waals surface area contributed by atoms with E-state index in [9.17, 15) is 10.1 Å². The number of anilines is 1. The Morgan fingerprint density at radius 1 is 1.29 bits per heavy atom. The lowest BCUT2D eigenvalue weighted by Crippen LogP contribution is -2.49. The molecule has 0 N–H and O–H groups in total. The predicted octanol–water partition coefficient (Wildman–Crippen LogP) is 1.50. The molecule has 1 saturated heterocycles. The quantitative estimate of drug-likeness (QED) is 0.616. The van der Waals surface area contributed by atoms with Gasteiger partial charge in [0.05, 0.1) is 28.7 Å². The van der Waals surface area contributed by atoms with E-state index in [4.69, 9.17) is 10.5 Å². The summed E-state index contributed by atoms with van der Waals surface area (Å²) in [6, 6.07) is 8.42. The zero-order valence-electron chi connectivity index (χ0n) is 11.7. The van der Waals surface area contributed by atoms with Crippen LogP contribution in [0, 0.1) is 32.8 Å². The minimum absolute atomic E-state index is 0.00998. The summed E-state index contributed by atoms with van der Waals surface area (Å²) in [5, 5.41) is 29.0. The molecule has 0 bridgehead atoms. The highest BCUT2D eigenvalue weighted by molar-refractivity contribution is 5.66. The number of nitriles is 2. The lowest BCUT2D eigenvalue weighted by atomic mass is 10.1. The zero-order valence-corrected chi connectivity index (χ0v) is 11.7. The number of hydrogen-bond acceptors (Lipinski definition) is 6. The summed E-state index contributed by atoms with van der Waals surface area (Å²) in [5.41, 5.74) is 0.891. The van der Waals surface area contributed by atoms with Gasteiger partial charge in [0.2, 0.25) is 0 Å². The van der Waals surface area contributed by atoms with Crippen LogP contribution in [0.25, 0.3) is 0 Å². The lowest BCUT2D eigenvalue weighted by molar-refractivity contribution is -0.384. The van der Waals surface area contributed by atoms with Gasteiger partial charge in [-0.3, -0.25) is 15.0 Å². The zero-order chi connectivity index (χ0) is 15.4. The first-order chi connectivity index (χ1) is 10.1. The van der Waals surface area contributed by atoms with Crippen LogP contribution in [0.3, 0.4) is 0 Å². The highest BCUT2D eigenvalue weighted by Gasteiger charge is 2.25. The third kappa shape index (κ3) is 3.10. The largest absolute Gasteiger partial charge is 0.363 e. The van der Waals surface area contributed by atoms with Gasteiger partial charge in [0, 0.05) is 32.2 Å². The van der Waals surface area contributed by atoms with Crippen LogP contribution in [0.4, 0.5) is 11.4 Å². The molecule has 7 heteroatoms. The van der Waals surface area contributed by atoms with Gasteiger partial charge >= 0.3 is 0 Å². The molecule has 1 aromatic rings. The molecule has 0 radical (unpaired) electrons. The standard InChI is InChI=1S/C14H15N5O2/c1-11(9-15)17-4-6-18(7-5-17)14-8-12(10-16)2-3-13(14)19(20)21/h2-3,8,11H,4-7H2,1H3. The van der Waals surface area contributed by atoms with Crippen molar-refractivity contribution in [1.29, 1.82) is 10.5 Å². The lowest BCUT2D eigenvalue weighted by Gasteiger charge is -2.36. The van der Waals surface area contributed by atoms with Gasteiger partial charge in [-0.2, -0.15) is 10.5 Å². The third-order valence-corrected chi connectivity index (χ3v) is 3.69. The second kappa shape index (κ2) is 6.21. The normalized spacial score (nSPS) is 16.8. The number of nitrogens with zero attached hydrogens (tertiary/aromatic N) is 5. The topological polar surface area (TPSA) is 97.2 Å². The van der Waals surface area contributed by atoms with Crippen molar-refractivity contribution in [1.82, 2.24) is 4.90 Å². The molecule has 1 fully saturated rings. The van der Waals surface area contributed by atoms with E-state index in [0.29, 0.717) is 37.4 Å². The molecule has 0 amide bonds. The highest BCUT2D eigenvalue weighted by atomic mass is 16.6. The fourth-order valence-electron chi connectivity index (χ4n) is 2.43. The monoisotopic (exact) mass is 285 g/mol. The Labute approximate surface area is 122 Å². The maximum Gasteiger partial charge on any atom is 0.292 e. The molecular formula is C14H15N5O2. The molecular weight excluding hydrogens is 270 g/mol. The van der Waals surface area contributed by atoms with Gasteiger partial charge in [0.1, 0.15) is 5.69 Å². The number of nitro benzene ring substituents is 1. The minimum Gasteiger partial charge on any atom is -0.363 e. The molecule has 1 unspecified atom stereocenters. The first-order valence-electron chi connectivity index (χ1n) is 6.64. The van der Waals surface area contributed by atoms with Crippen LogP contribution >= 0.6 is 0 Å². The van der Waals surface area contributed by atoms with Crippen molar-refractivity contribution in [3.63, 3.8) is 0 Å². The van der Waals surface area contributed by atoms with Gasteiger partial charge in [-0.1, -0.05) is 0 Å². The fourth-order valence-corrected chi connectivity index (χ4v) is 2.43. The van der Waals surface area contributed by atoms with Gasteiger partial charge in [-0.15, -0.1) is 0 Å². The van der Waals surface area contributed by atoms with Crippen molar-refractivity contribution in [2.45, 2.75) is 13.0 Å². The second-order valence-electron chi connectivity index (χ2n) is 4.90. The Morgan fingerprint density at radius 3 is 2.48 bits per heavy atom. The molecule has 1 aromatic carbocycles.